The average Bonchev–Trinajstić information content (AvgIpc) is 2.29. The molecule has 1 heterocycles. The number of carbonyl (C=O) groups excluding carboxylic acids is 1. The Labute approximate surface area is 117 Å². The van der Waals surface area contributed by atoms with Gasteiger partial charge in [0.1, 0.15) is 5.60 Å². The van der Waals surface area contributed by atoms with Gasteiger partial charge in [-0.25, -0.2) is 4.79 Å². The average molecular weight is 268 g/mol. The highest BCUT2D eigenvalue weighted by molar-refractivity contribution is 5.70. The van der Waals surface area contributed by atoms with Crippen LogP contribution in [0.5, 0.6) is 0 Å². The SMILES string of the molecule is C=C(CC)N(C(=O)OC(C)(C)C)C1CCN(C)CC1. The van der Waals surface area contributed by atoms with Crippen molar-refractivity contribution in [2.45, 2.75) is 58.6 Å². The molecule has 1 aliphatic rings. The van der Waals surface area contributed by atoms with Gasteiger partial charge >= 0.3 is 6.09 Å². The molecule has 0 aromatic rings. The molecule has 19 heavy (non-hydrogen) atoms. The molecule has 1 saturated heterocycles. The van der Waals surface area contributed by atoms with Crippen LogP contribution in [0.25, 0.3) is 0 Å². The minimum absolute atomic E-state index is 0.221. The number of carbonyl (C=O) groups is 1. The maximum atomic E-state index is 12.4. The summed E-state index contributed by atoms with van der Waals surface area (Å²) >= 11 is 0. The molecule has 0 N–H and O–H groups in total. The zero-order valence-electron chi connectivity index (χ0n) is 13.0. The zero-order chi connectivity index (χ0) is 14.6. The summed E-state index contributed by atoms with van der Waals surface area (Å²) in [6.45, 7) is 13.8. The lowest BCUT2D eigenvalue weighted by molar-refractivity contribution is 0.0178. The Balaban J connectivity index is 2.77. The number of allylic oxidation sites excluding steroid dienone is 1. The Morgan fingerprint density at radius 3 is 2.32 bits per heavy atom. The Hall–Kier alpha value is -1.03. The van der Waals surface area contributed by atoms with Crippen molar-refractivity contribution in [3.63, 3.8) is 0 Å². The lowest BCUT2D eigenvalue weighted by Gasteiger charge is -2.38. The second-order valence-electron chi connectivity index (χ2n) is 6.30. The molecule has 4 heteroatoms. The van der Waals surface area contributed by atoms with Gasteiger partial charge in [-0.1, -0.05) is 13.5 Å². The molecule has 1 fully saturated rings. The van der Waals surface area contributed by atoms with Gasteiger partial charge in [-0.15, -0.1) is 0 Å². The van der Waals surface area contributed by atoms with E-state index in [1.807, 2.05) is 27.7 Å². The molecule has 1 aliphatic heterocycles. The molecule has 0 aromatic heterocycles. The van der Waals surface area contributed by atoms with Crippen LogP contribution in [0.4, 0.5) is 4.79 Å². The lowest BCUT2D eigenvalue weighted by atomic mass is 10.0. The van der Waals surface area contributed by atoms with Crippen molar-refractivity contribution in [3.8, 4) is 0 Å². The molecular weight excluding hydrogens is 240 g/mol. The van der Waals surface area contributed by atoms with Crippen LogP contribution in [0.1, 0.15) is 47.0 Å². The van der Waals surface area contributed by atoms with Crippen molar-refractivity contribution in [3.05, 3.63) is 12.3 Å². The predicted octanol–water partition coefficient (Wildman–Crippen LogP) is 3.24. The van der Waals surface area contributed by atoms with E-state index in [-0.39, 0.29) is 12.1 Å². The number of nitrogens with zero attached hydrogens (tertiary/aromatic N) is 2. The van der Waals surface area contributed by atoms with E-state index in [9.17, 15) is 4.79 Å². The fourth-order valence-corrected chi connectivity index (χ4v) is 2.27. The summed E-state index contributed by atoms with van der Waals surface area (Å²) in [4.78, 5) is 16.4. The number of rotatable bonds is 3. The van der Waals surface area contributed by atoms with Crippen molar-refractivity contribution in [2.75, 3.05) is 20.1 Å². The fraction of sp³-hybridized carbons (Fsp3) is 0.800. The van der Waals surface area contributed by atoms with Gasteiger partial charge in [-0.05, 0) is 60.2 Å². The third-order valence-corrected chi connectivity index (χ3v) is 3.39. The van der Waals surface area contributed by atoms with Crippen LogP contribution in [-0.2, 0) is 4.74 Å². The van der Waals surface area contributed by atoms with Gasteiger partial charge in [-0.3, -0.25) is 4.90 Å². The Morgan fingerprint density at radius 2 is 1.89 bits per heavy atom. The molecule has 0 unspecified atom stereocenters. The lowest BCUT2D eigenvalue weighted by Crippen LogP contribution is -2.47. The van der Waals surface area contributed by atoms with Gasteiger partial charge in [0.05, 0.1) is 0 Å². The van der Waals surface area contributed by atoms with Gasteiger partial charge in [-0.2, -0.15) is 0 Å². The minimum Gasteiger partial charge on any atom is -0.443 e. The van der Waals surface area contributed by atoms with Crippen LogP contribution >= 0.6 is 0 Å². The molecular formula is C15H28N2O2. The van der Waals surface area contributed by atoms with Gasteiger partial charge < -0.3 is 9.64 Å². The third kappa shape index (κ3) is 4.86. The fourth-order valence-electron chi connectivity index (χ4n) is 2.27. The summed E-state index contributed by atoms with van der Waals surface area (Å²) in [5.74, 6) is 0. The first-order valence-electron chi connectivity index (χ1n) is 7.13. The maximum Gasteiger partial charge on any atom is 0.414 e. The minimum atomic E-state index is -0.463. The number of ether oxygens (including phenoxy) is 1. The van der Waals surface area contributed by atoms with Crippen molar-refractivity contribution in [2.24, 2.45) is 0 Å². The van der Waals surface area contributed by atoms with Crippen LogP contribution in [0.3, 0.4) is 0 Å². The maximum absolute atomic E-state index is 12.4. The topological polar surface area (TPSA) is 32.8 Å². The Bertz CT molecular complexity index is 326. The monoisotopic (exact) mass is 268 g/mol. The Morgan fingerprint density at radius 1 is 1.37 bits per heavy atom. The van der Waals surface area contributed by atoms with Crippen molar-refractivity contribution < 1.29 is 9.53 Å². The van der Waals surface area contributed by atoms with E-state index >= 15 is 0 Å². The first-order chi connectivity index (χ1) is 8.74. The molecule has 0 atom stereocenters. The van der Waals surface area contributed by atoms with Gasteiger partial charge in [0.2, 0.25) is 0 Å². The van der Waals surface area contributed by atoms with Crippen LogP contribution in [-0.4, -0.2) is 47.7 Å². The predicted molar refractivity (Wildman–Crippen MR) is 78.0 cm³/mol. The van der Waals surface area contributed by atoms with Crippen LogP contribution in [0.15, 0.2) is 12.3 Å². The highest BCUT2D eigenvalue weighted by atomic mass is 16.6. The molecule has 0 radical (unpaired) electrons. The first-order valence-corrected chi connectivity index (χ1v) is 7.13. The standard InChI is InChI=1S/C15H28N2O2/c1-7-12(2)17(14(18)19-15(3,4)5)13-8-10-16(6)11-9-13/h13H,2,7-11H2,1,3-6H3. The van der Waals surface area contributed by atoms with Crippen LogP contribution in [0.2, 0.25) is 0 Å². The summed E-state index contributed by atoms with van der Waals surface area (Å²) in [6.07, 6.45) is 2.48. The summed E-state index contributed by atoms with van der Waals surface area (Å²) < 4.78 is 5.52. The van der Waals surface area contributed by atoms with E-state index in [4.69, 9.17) is 4.74 Å². The molecule has 0 spiro atoms. The van der Waals surface area contributed by atoms with E-state index < -0.39 is 5.60 Å². The van der Waals surface area contributed by atoms with E-state index in [1.165, 1.54) is 0 Å². The van der Waals surface area contributed by atoms with Crippen molar-refractivity contribution >= 4 is 6.09 Å². The second kappa shape index (κ2) is 6.42. The van der Waals surface area contributed by atoms with Crippen LogP contribution in [0, 0.1) is 0 Å². The number of amides is 1. The number of likely N-dealkylation sites (tertiary alicyclic amines) is 1. The van der Waals surface area contributed by atoms with E-state index in [0.29, 0.717) is 0 Å². The molecule has 1 rings (SSSR count). The van der Waals surface area contributed by atoms with Gasteiger partial charge in [0.15, 0.2) is 0 Å². The van der Waals surface area contributed by atoms with Gasteiger partial charge in [0, 0.05) is 11.7 Å². The molecule has 0 aliphatic carbocycles. The summed E-state index contributed by atoms with van der Waals surface area (Å²) in [7, 11) is 2.11. The van der Waals surface area contributed by atoms with E-state index in [1.54, 1.807) is 4.90 Å². The number of piperidine rings is 1. The molecule has 0 aromatic carbocycles. The van der Waals surface area contributed by atoms with Crippen molar-refractivity contribution in [1.29, 1.82) is 0 Å². The number of hydrogen-bond donors (Lipinski definition) is 0. The molecule has 4 nitrogen and oxygen atoms in total. The molecule has 0 saturated carbocycles. The summed E-state index contributed by atoms with van der Waals surface area (Å²) in [5.41, 5.74) is 0.387. The van der Waals surface area contributed by atoms with Crippen molar-refractivity contribution in [1.82, 2.24) is 9.80 Å². The molecule has 110 valence electrons. The normalized spacial score (nSPS) is 18.2. The van der Waals surface area contributed by atoms with E-state index in [2.05, 4.69) is 18.5 Å². The number of hydrogen-bond acceptors (Lipinski definition) is 3. The van der Waals surface area contributed by atoms with Crippen LogP contribution < -0.4 is 0 Å². The smallest absolute Gasteiger partial charge is 0.414 e. The summed E-state index contributed by atoms with van der Waals surface area (Å²) in [6, 6.07) is 0.221. The largest absolute Gasteiger partial charge is 0.443 e. The highest BCUT2D eigenvalue weighted by Gasteiger charge is 2.31. The Kier molecular flexibility index (Phi) is 5.41. The van der Waals surface area contributed by atoms with Gasteiger partial charge in [0.25, 0.3) is 0 Å². The quantitative estimate of drug-likeness (QED) is 0.787. The zero-order valence-corrected chi connectivity index (χ0v) is 13.0. The summed E-state index contributed by atoms with van der Waals surface area (Å²) in [5, 5.41) is 0. The molecule has 1 amide bonds. The first kappa shape index (κ1) is 16.0. The molecule has 0 bridgehead atoms. The third-order valence-electron chi connectivity index (χ3n) is 3.39. The second-order valence-corrected chi connectivity index (χ2v) is 6.30. The van der Waals surface area contributed by atoms with E-state index in [0.717, 1.165) is 38.0 Å². The highest BCUT2D eigenvalue weighted by Crippen LogP contribution is 2.23.